The molecule has 2 aromatic carbocycles. The summed E-state index contributed by atoms with van der Waals surface area (Å²) < 4.78 is 34.2. The van der Waals surface area contributed by atoms with Crippen LogP contribution in [0, 0.1) is 0 Å². The first-order valence-corrected chi connectivity index (χ1v) is 9.40. The van der Waals surface area contributed by atoms with Gasteiger partial charge >= 0.3 is 0 Å². The molecule has 3 aromatic rings. The Morgan fingerprint density at radius 3 is 2.48 bits per heavy atom. The van der Waals surface area contributed by atoms with Crippen molar-refractivity contribution in [1.29, 1.82) is 0 Å². The van der Waals surface area contributed by atoms with Crippen molar-refractivity contribution in [2.75, 3.05) is 5.32 Å². The third-order valence-corrected chi connectivity index (χ3v) is 5.75. The van der Waals surface area contributed by atoms with E-state index in [2.05, 4.69) is 9.71 Å². The number of rotatable bonds is 2. The van der Waals surface area contributed by atoms with Crippen LogP contribution in [-0.4, -0.2) is 14.3 Å². The van der Waals surface area contributed by atoms with Gasteiger partial charge in [-0.1, -0.05) is 35.3 Å². The van der Waals surface area contributed by atoms with Crippen molar-refractivity contribution in [3.05, 3.63) is 70.4 Å². The Kier molecular flexibility index (Phi) is 3.83. The van der Waals surface area contributed by atoms with Gasteiger partial charge in [0, 0.05) is 5.56 Å². The fourth-order valence-electron chi connectivity index (χ4n) is 2.49. The van der Waals surface area contributed by atoms with Gasteiger partial charge in [0.25, 0.3) is 10.0 Å². The first-order chi connectivity index (χ1) is 11.9. The van der Waals surface area contributed by atoms with E-state index in [1.54, 1.807) is 48.5 Å². The summed E-state index contributed by atoms with van der Waals surface area (Å²) in [7, 11) is -3.78. The summed E-state index contributed by atoms with van der Waals surface area (Å²) in [5.41, 5.74) is 1.18. The zero-order valence-corrected chi connectivity index (χ0v) is 14.9. The molecule has 0 amide bonds. The van der Waals surface area contributed by atoms with E-state index in [1.165, 1.54) is 6.07 Å². The third kappa shape index (κ3) is 2.93. The van der Waals surface area contributed by atoms with Crippen LogP contribution in [0.25, 0.3) is 11.3 Å². The lowest BCUT2D eigenvalue weighted by molar-refractivity contribution is 0.570. The minimum absolute atomic E-state index is 0.130. The molecule has 126 valence electrons. The second-order valence-electron chi connectivity index (χ2n) is 5.33. The number of hydrogen-bond acceptors (Lipinski definition) is 4. The van der Waals surface area contributed by atoms with Crippen LogP contribution in [0.15, 0.2) is 68.3 Å². The van der Waals surface area contributed by atoms with Crippen LogP contribution in [0.4, 0.5) is 5.69 Å². The monoisotopic (exact) mass is 392 g/mol. The Bertz CT molecular complexity index is 1120. The van der Waals surface area contributed by atoms with Gasteiger partial charge in [-0.05, 0) is 42.5 Å². The van der Waals surface area contributed by atoms with Gasteiger partial charge in [-0.15, -0.1) is 4.40 Å². The number of halogens is 2. The minimum atomic E-state index is -3.78. The van der Waals surface area contributed by atoms with Crippen molar-refractivity contribution in [3.8, 4) is 11.3 Å². The highest BCUT2D eigenvalue weighted by atomic mass is 35.5. The molecule has 0 spiro atoms. The summed E-state index contributed by atoms with van der Waals surface area (Å²) >= 11 is 11.9. The summed E-state index contributed by atoms with van der Waals surface area (Å²) in [6, 6.07) is 15.0. The zero-order chi connectivity index (χ0) is 17.6. The molecule has 0 saturated carbocycles. The van der Waals surface area contributed by atoms with E-state index in [0.29, 0.717) is 27.3 Å². The van der Waals surface area contributed by atoms with Crippen molar-refractivity contribution in [3.63, 3.8) is 0 Å². The Morgan fingerprint density at radius 1 is 0.920 bits per heavy atom. The van der Waals surface area contributed by atoms with Crippen LogP contribution in [-0.2, 0) is 10.0 Å². The molecule has 4 rings (SSSR count). The Balaban J connectivity index is 1.74. The highest BCUT2D eigenvalue weighted by Crippen LogP contribution is 2.32. The van der Waals surface area contributed by atoms with Crippen molar-refractivity contribution < 1.29 is 12.8 Å². The number of fused-ring (bicyclic) bond motifs is 1. The number of hydrogen-bond donors (Lipinski definition) is 1. The van der Waals surface area contributed by atoms with E-state index in [-0.39, 0.29) is 10.7 Å². The summed E-state index contributed by atoms with van der Waals surface area (Å²) in [6.07, 6.45) is 0. The molecule has 1 N–H and O–H groups in total. The highest BCUT2D eigenvalue weighted by Gasteiger charge is 2.26. The molecule has 1 aliphatic heterocycles. The lowest BCUT2D eigenvalue weighted by Crippen LogP contribution is -2.21. The molecule has 0 atom stereocenters. The van der Waals surface area contributed by atoms with Crippen molar-refractivity contribution in [1.82, 2.24) is 0 Å². The molecule has 0 unspecified atom stereocenters. The largest absolute Gasteiger partial charge is 0.453 e. The van der Waals surface area contributed by atoms with Gasteiger partial charge in [0.15, 0.2) is 11.6 Å². The van der Waals surface area contributed by atoms with Gasteiger partial charge < -0.3 is 9.73 Å². The van der Waals surface area contributed by atoms with Gasteiger partial charge in [0.1, 0.15) is 10.7 Å². The topological polar surface area (TPSA) is 71.7 Å². The third-order valence-electron chi connectivity index (χ3n) is 3.67. The van der Waals surface area contributed by atoms with Crippen molar-refractivity contribution >= 4 is 44.7 Å². The Hall–Kier alpha value is -2.28. The maximum Gasteiger partial charge on any atom is 0.286 e. The van der Waals surface area contributed by atoms with E-state index in [9.17, 15) is 8.42 Å². The molecule has 0 radical (unpaired) electrons. The summed E-state index contributed by atoms with van der Waals surface area (Å²) in [4.78, 5) is 0.134. The first-order valence-electron chi connectivity index (χ1n) is 7.21. The molecule has 0 aliphatic carbocycles. The molecule has 25 heavy (non-hydrogen) atoms. The second-order valence-corrected chi connectivity index (χ2v) is 7.72. The fraction of sp³-hybridized carbons (Fsp3) is 0. The van der Waals surface area contributed by atoms with E-state index in [4.69, 9.17) is 27.6 Å². The normalized spacial score (nSPS) is 15.2. The molecule has 0 fully saturated rings. The number of amidine groups is 1. The number of nitrogens with zero attached hydrogens (tertiary/aromatic N) is 1. The number of sulfonamides is 1. The van der Waals surface area contributed by atoms with E-state index in [1.807, 2.05) is 0 Å². The number of nitrogens with one attached hydrogen (secondary N) is 1. The maximum atomic E-state index is 12.3. The summed E-state index contributed by atoms with van der Waals surface area (Å²) in [6.45, 7) is 0. The van der Waals surface area contributed by atoms with Crippen LogP contribution in [0.1, 0.15) is 5.76 Å². The Labute approximate surface area is 154 Å². The first kappa shape index (κ1) is 16.2. The summed E-state index contributed by atoms with van der Waals surface area (Å²) in [5.74, 6) is 0.957. The van der Waals surface area contributed by atoms with Crippen LogP contribution < -0.4 is 5.32 Å². The number of furan rings is 1. The smallest absolute Gasteiger partial charge is 0.286 e. The van der Waals surface area contributed by atoms with E-state index >= 15 is 0 Å². The van der Waals surface area contributed by atoms with Crippen molar-refractivity contribution in [2.24, 2.45) is 4.40 Å². The molecule has 8 heteroatoms. The van der Waals surface area contributed by atoms with Crippen LogP contribution in [0.5, 0.6) is 0 Å². The predicted molar refractivity (Wildman–Crippen MR) is 98.0 cm³/mol. The lowest BCUT2D eigenvalue weighted by atomic mass is 10.2. The zero-order valence-electron chi connectivity index (χ0n) is 12.5. The van der Waals surface area contributed by atoms with Gasteiger partial charge in [0.05, 0.1) is 15.7 Å². The Morgan fingerprint density at radius 2 is 1.68 bits per heavy atom. The van der Waals surface area contributed by atoms with Crippen LogP contribution in [0.2, 0.25) is 10.0 Å². The minimum Gasteiger partial charge on any atom is -0.453 e. The van der Waals surface area contributed by atoms with Crippen molar-refractivity contribution in [2.45, 2.75) is 4.90 Å². The van der Waals surface area contributed by atoms with E-state index in [0.717, 1.165) is 5.56 Å². The quantitative estimate of drug-likeness (QED) is 0.678. The summed E-state index contributed by atoms with van der Waals surface area (Å²) in [5, 5.41) is 3.83. The average molecular weight is 393 g/mol. The maximum absolute atomic E-state index is 12.3. The van der Waals surface area contributed by atoms with Gasteiger partial charge in [-0.25, -0.2) is 0 Å². The second kappa shape index (κ2) is 5.91. The number of benzene rings is 2. The van der Waals surface area contributed by atoms with E-state index < -0.39 is 10.0 Å². The highest BCUT2D eigenvalue weighted by molar-refractivity contribution is 7.90. The predicted octanol–water partition coefficient (Wildman–Crippen LogP) is 4.81. The number of para-hydroxylation sites is 1. The van der Waals surface area contributed by atoms with Gasteiger partial charge in [0.2, 0.25) is 0 Å². The lowest BCUT2D eigenvalue weighted by Gasteiger charge is -2.16. The molecule has 1 aliphatic rings. The van der Waals surface area contributed by atoms with Crippen LogP contribution >= 0.6 is 23.2 Å². The molecule has 0 bridgehead atoms. The number of anilines is 1. The van der Waals surface area contributed by atoms with Gasteiger partial charge in [-0.3, -0.25) is 0 Å². The molecular formula is C17H10Cl2N2O3S. The standard InChI is InChI=1S/C17H10Cl2N2O3S/c18-11-6-5-10(9-12(11)19)14-7-8-15(24-14)17-20-13-3-1-2-4-16(13)25(22,23)21-17/h1-9H,(H,20,21). The molecular weight excluding hydrogens is 383 g/mol. The molecule has 1 aromatic heterocycles. The fourth-order valence-corrected chi connectivity index (χ4v) is 3.91. The van der Waals surface area contributed by atoms with Gasteiger partial charge in [-0.2, -0.15) is 8.42 Å². The molecule has 5 nitrogen and oxygen atoms in total. The molecule has 0 saturated heterocycles. The average Bonchev–Trinajstić information content (AvgIpc) is 3.07. The van der Waals surface area contributed by atoms with Crippen LogP contribution in [0.3, 0.4) is 0 Å². The molecule has 2 heterocycles. The SMILES string of the molecule is O=S1(=O)N=C(c2ccc(-c3ccc(Cl)c(Cl)c3)o2)Nc2ccccc21.